The Hall–Kier alpha value is -3.41. The van der Waals surface area contributed by atoms with Gasteiger partial charge in [0.25, 0.3) is 0 Å². The zero-order valence-corrected chi connectivity index (χ0v) is 38.2. The van der Waals surface area contributed by atoms with Gasteiger partial charge in [-0.3, -0.25) is 14.4 Å². The van der Waals surface area contributed by atoms with E-state index in [-0.39, 0.29) is 37.5 Å². The molecule has 0 radical (unpaired) electrons. The highest BCUT2D eigenvalue weighted by molar-refractivity contribution is 5.71. The van der Waals surface area contributed by atoms with Crippen molar-refractivity contribution in [3.05, 3.63) is 85.1 Å². The summed E-state index contributed by atoms with van der Waals surface area (Å²) >= 11 is 0. The maximum Gasteiger partial charge on any atom is 0.306 e. The summed E-state index contributed by atoms with van der Waals surface area (Å²) in [6.07, 6.45) is 60.0. The van der Waals surface area contributed by atoms with Crippen LogP contribution in [-0.4, -0.2) is 37.2 Å². The second-order valence-corrected chi connectivity index (χ2v) is 15.6. The SMILES string of the molecule is CC/C=C\C/C=C\C/C=C\CCCCCCCC(=O)O[C@@H](COC(=O)CCC/C=C\C/C=C\C/C=C\C/C=C\CCCCC)COC(=O)CCCCCCCCCCC. The standard InChI is InChI=1S/C53H88O6/c1-4-7-10-13-16-19-21-23-25-26-28-29-31-34-37-40-43-46-52(55)58-49-50(48-57-51(54)45-42-39-36-33-18-15-12-9-6-3)59-53(56)47-44-41-38-35-32-30-27-24-22-20-17-14-11-8-5-2/h8,11,16-17,19-20,23-25,27-29,34,37,50H,4-7,9-10,12-15,18,21-22,26,30-33,35-36,38-49H2,1-3H3/b11-8-,19-16-,20-17-,25-23-,27-24-,29-28-,37-34-/t50-/m1/s1. The van der Waals surface area contributed by atoms with Crippen LogP contribution in [0.1, 0.15) is 213 Å². The van der Waals surface area contributed by atoms with Gasteiger partial charge in [-0.05, 0) is 89.9 Å². The molecule has 6 nitrogen and oxygen atoms in total. The number of ether oxygens (including phenoxy) is 3. The number of carbonyl (C=O) groups excluding carboxylic acids is 3. The van der Waals surface area contributed by atoms with Crippen LogP contribution < -0.4 is 0 Å². The van der Waals surface area contributed by atoms with Gasteiger partial charge in [-0.2, -0.15) is 0 Å². The zero-order valence-electron chi connectivity index (χ0n) is 38.2. The highest BCUT2D eigenvalue weighted by Crippen LogP contribution is 2.13. The highest BCUT2D eigenvalue weighted by atomic mass is 16.6. The minimum absolute atomic E-state index is 0.100. The van der Waals surface area contributed by atoms with Crippen LogP contribution in [0, 0.1) is 0 Å². The number of unbranched alkanes of at least 4 members (excludes halogenated alkanes) is 17. The average molecular weight is 821 g/mol. The van der Waals surface area contributed by atoms with Crippen LogP contribution in [0.4, 0.5) is 0 Å². The van der Waals surface area contributed by atoms with Crippen LogP contribution in [0.2, 0.25) is 0 Å². The summed E-state index contributed by atoms with van der Waals surface area (Å²) in [6.45, 7) is 6.40. The molecule has 0 saturated heterocycles. The van der Waals surface area contributed by atoms with Gasteiger partial charge in [0.1, 0.15) is 13.2 Å². The summed E-state index contributed by atoms with van der Waals surface area (Å²) < 4.78 is 16.7. The first-order valence-electron chi connectivity index (χ1n) is 24.1. The fraction of sp³-hybridized carbons (Fsp3) is 0.679. The molecule has 0 fully saturated rings. The van der Waals surface area contributed by atoms with Gasteiger partial charge in [-0.1, -0.05) is 189 Å². The van der Waals surface area contributed by atoms with Crippen LogP contribution in [0.5, 0.6) is 0 Å². The van der Waals surface area contributed by atoms with Crippen LogP contribution in [0.15, 0.2) is 85.1 Å². The van der Waals surface area contributed by atoms with Gasteiger partial charge < -0.3 is 14.2 Å². The van der Waals surface area contributed by atoms with E-state index >= 15 is 0 Å². The zero-order chi connectivity index (χ0) is 43.0. The Kier molecular flexibility index (Phi) is 44.5. The smallest absolute Gasteiger partial charge is 0.306 e. The van der Waals surface area contributed by atoms with Gasteiger partial charge in [-0.25, -0.2) is 0 Å². The van der Waals surface area contributed by atoms with E-state index in [0.717, 1.165) is 103 Å². The molecule has 1 atom stereocenters. The van der Waals surface area contributed by atoms with Crippen LogP contribution in [0.25, 0.3) is 0 Å². The molecule has 0 rings (SSSR count). The first-order chi connectivity index (χ1) is 29.0. The lowest BCUT2D eigenvalue weighted by atomic mass is 10.1. The third kappa shape index (κ3) is 45.5. The van der Waals surface area contributed by atoms with Gasteiger partial charge in [-0.15, -0.1) is 0 Å². The van der Waals surface area contributed by atoms with Gasteiger partial charge in [0.05, 0.1) is 0 Å². The molecular formula is C53H88O6. The Balaban J connectivity index is 4.48. The summed E-state index contributed by atoms with van der Waals surface area (Å²) in [5.74, 6) is -0.984. The lowest BCUT2D eigenvalue weighted by Crippen LogP contribution is -2.30. The third-order valence-corrected chi connectivity index (χ3v) is 9.88. The van der Waals surface area contributed by atoms with Crippen molar-refractivity contribution in [2.75, 3.05) is 13.2 Å². The fourth-order valence-corrected chi connectivity index (χ4v) is 6.27. The predicted octanol–water partition coefficient (Wildman–Crippen LogP) is 15.6. The lowest BCUT2D eigenvalue weighted by molar-refractivity contribution is -0.167. The molecule has 0 amide bonds. The minimum Gasteiger partial charge on any atom is -0.462 e. The molecular weight excluding hydrogens is 733 g/mol. The number of hydrogen-bond donors (Lipinski definition) is 0. The number of carbonyl (C=O) groups is 3. The van der Waals surface area contributed by atoms with Crippen molar-refractivity contribution in [1.29, 1.82) is 0 Å². The van der Waals surface area contributed by atoms with E-state index in [9.17, 15) is 14.4 Å². The van der Waals surface area contributed by atoms with Crippen molar-refractivity contribution in [2.24, 2.45) is 0 Å². The number of esters is 3. The Morgan fingerprint density at radius 1 is 0.356 bits per heavy atom. The van der Waals surface area contributed by atoms with Crippen molar-refractivity contribution < 1.29 is 28.6 Å². The second kappa shape index (κ2) is 47.3. The van der Waals surface area contributed by atoms with E-state index in [4.69, 9.17) is 14.2 Å². The summed E-state index contributed by atoms with van der Waals surface area (Å²) in [5, 5.41) is 0. The Labute approximate surface area is 363 Å². The van der Waals surface area contributed by atoms with Crippen LogP contribution in [0.3, 0.4) is 0 Å². The van der Waals surface area contributed by atoms with Gasteiger partial charge in [0.15, 0.2) is 6.10 Å². The van der Waals surface area contributed by atoms with E-state index in [1.165, 1.54) is 64.2 Å². The van der Waals surface area contributed by atoms with Gasteiger partial charge in [0.2, 0.25) is 0 Å². The minimum atomic E-state index is -0.804. The maximum atomic E-state index is 12.7. The topological polar surface area (TPSA) is 78.9 Å². The van der Waals surface area contributed by atoms with E-state index in [1.54, 1.807) is 0 Å². The molecule has 59 heavy (non-hydrogen) atoms. The molecule has 0 spiro atoms. The molecule has 0 aliphatic heterocycles. The maximum absolute atomic E-state index is 12.7. The summed E-state index contributed by atoms with van der Waals surface area (Å²) in [5.41, 5.74) is 0. The number of hydrogen-bond acceptors (Lipinski definition) is 6. The molecule has 0 unspecified atom stereocenters. The summed E-state index contributed by atoms with van der Waals surface area (Å²) in [4.78, 5) is 37.8. The van der Waals surface area contributed by atoms with Crippen LogP contribution in [-0.2, 0) is 28.6 Å². The molecule has 0 aromatic rings. The normalized spacial score (nSPS) is 12.8. The Bertz CT molecular complexity index is 1170. The van der Waals surface area contributed by atoms with E-state index < -0.39 is 6.10 Å². The molecule has 0 aromatic carbocycles. The molecule has 0 bridgehead atoms. The van der Waals surface area contributed by atoms with Crippen molar-refractivity contribution in [3.63, 3.8) is 0 Å². The molecule has 0 aliphatic rings. The monoisotopic (exact) mass is 821 g/mol. The average Bonchev–Trinajstić information content (AvgIpc) is 3.23. The Morgan fingerprint density at radius 3 is 1.14 bits per heavy atom. The number of allylic oxidation sites excluding steroid dienone is 14. The quantitative estimate of drug-likeness (QED) is 0.0264. The largest absolute Gasteiger partial charge is 0.462 e. The predicted molar refractivity (Wildman–Crippen MR) is 251 cm³/mol. The second-order valence-electron chi connectivity index (χ2n) is 15.6. The lowest BCUT2D eigenvalue weighted by Gasteiger charge is -2.18. The van der Waals surface area contributed by atoms with Gasteiger partial charge in [0, 0.05) is 19.3 Å². The molecule has 0 aromatic heterocycles. The molecule has 336 valence electrons. The van der Waals surface area contributed by atoms with Gasteiger partial charge >= 0.3 is 17.9 Å². The molecule has 6 heteroatoms. The molecule has 0 N–H and O–H groups in total. The van der Waals surface area contributed by atoms with Crippen molar-refractivity contribution in [2.45, 2.75) is 219 Å². The third-order valence-electron chi connectivity index (χ3n) is 9.88. The van der Waals surface area contributed by atoms with E-state index in [0.29, 0.717) is 19.3 Å². The molecule has 0 saturated carbocycles. The first kappa shape index (κ1) is 55.6. The fourth-order valence-electron chi connectivity index (χ4n) is 6.27. The first-order valence-corrected chi connectivity index (χ1v) is 24.1. The summed E-state index contributed by atoms with van der Waals surface area (Å²) in [6, 6.07) is 0. The van der Waals surface area contributed by atoms with E-state index in [1.807, 2.05) is 0 Å². The van der Waals surface area contributed by atoms with Crippen molar-refractivity contribution >= 4 is 17.9 Å². The number of rotatable bonds is 42. The van der Waals surface area contributed by atoms with E-state index in [2.05, 4.69) is 106 Å². The summed E-state index contributed by atoms with van der Waals surface area (Å²) in [7, 11) is 0. The molecule has 0 heterocycles. The Morgan fingerprint density at radius 2 is 0.678 bits per heavy atom. The van der Waals surface area contributed by atoms with Crippen molar-refractivity contribution in [1.82, 2.24) is 0 Å². The van der Waals surface area contributed by atoms with Crippen LogP contribution >= 0.6 is 0 Å². The van der Waals surface area contributed by atoms with Crippen molar-refractivity contribution in [3.8, 4) is 0 Å². The molecule has 0 aliphatic carbocycles. The highest BCUT2D eigenvalue weighted by Gasteiger charge is 2.19.